The van der Waals surface area contributed by atoms with Crippen LogP contribution >= 0.6 is 0 Å². The van der Waals surface area contributed by atoms with E-state index in [0.717, 1.165) is 5.56 Å². The van der Waals surface area contributed by atoms with Gasteiger partial charge in [0.15, 0.2) is 0 Å². The number of aryl methyl sites for hydroxylation is 1. The second-order valence-electron chi connectivity index (χ2n) is 8.95. The SMILES string of the molecule is CC(C(C(CCc1ccccc1)NC(=O)OC(C)(C)C)=S(=O)=O)[Si](C)(C)C. The summed E-state index contributed by atoms with van der Waals surface area (Å²) < 4.78 is 29.6. The van der Waals surface area contributed by atoms with Gasteiger partial charge in [0.05, 0.1) is 19.0 Å². The number of ether oxygens (including phenoxy) is 1. The lowest BCUT2D eigenvalue weighted by Gasteiger charge is -2.31. The normalized spacial score (nSPS) is 14.2. The lowest BCUT2D eigenvalue weighted by atomic mass is 10.0. The van der Waals surface area contributed by atoms with Crippen molar-refractivity contribution in [2.24, 2.45) is 0 Å². The van der Waals surface area contributed by atoms with Gasteiger partial charge in [0.2, 0.25) is 10.3 Å². The van der Waals surface area contributed by atoms with Gasteiger partial charge in [-0.3, -0.25) is 0 Å². The molecule has 1 aromatic rings. The first-order valence-electron chi connectivity index (χ1n) is 9.30. The first kappa shape index (κ1) is 23.4. The van der Waals surface area contributed by atoms with Crippen LogP contribution in [0.25, 0.3) is 0 Å². The molecule has 0 saturated carbocycles. The average Bonchev–Trinajstić information content (AvgIpc) is 2.50. The molecule has 152 valence electrons. The van der Waals surface area contributed by atoms with Crippen LogP contribution in [-0.2, 0) is 21.5 Å². The summed E-state index contributed by atoms with van der Waals surface area (Å²) in [5, 5.41) is 2.81. The Hall–Kier alpha value is -1.60. The molecule has 0 aliphatic rings. The molecule has 1 aromatic carbocycles. The predicted octanol–water partition coefficient (Wildman–Crippen LogP) is 4.29. The summed E-state index contributed by atoms with van der Waals surface area (Å²) in [6.07, 6.45) is 0.577. The number of rotatable bonds is 7. The predicted molar refractivity (Wildman–Crippen MR) is 115 cm³/mol. The van der Waals surface area contributed by atoms with Crippen LogP contribution in [0, 0.1) is 0 Å². The molecular weight excluding hydrogens is 378 g/mol. The van der Waals surface area contributed by atoms with E-state index in [1.165, 1.54) is 0 Å². The fourth-order valence-electron chi connectivity index (χ4n) is 2.68. The Morgan fingerprint density at radius 3 is 2.15 bits per heavy atom. The molecule has 0 radical (unpaired) electrons. The summed E-state index contributed by atoms with van der Waals surface area (Å²) in [5.74, 6) is 0. The van der Waals surface area contributed by atoms with Crippen LogP contribution in [0.4, 0.5) is 4.79 Å². The van der Waals surface area contributed by atoms with Crippen molar-refractivity contribution < 1.29 is 17.9 Å². The van der Waals surface area contributed by atoms with Gasteiger partial charge in [-0.05, 0) is 44.7 Å². The van der Waals surface area contributed by atoms with Crippen molar-refractivity contribution in [3.8, 4) is 0 Å². The second-order valence-corrected chi connectivity index (χ2v) is 15.5. The Morgan fingerprint density at radius 2 is 1.70 bits per heavy atom. The second kappa shape index (κ2) is 9.55. The van der Waals surface area contributed by atoms with Gasteiger partial charge in [-0.1, -0.05) is 56.9 Å². The van der Waals surface area contributed by atoms with Crippen LogP contribution in [-0.4, -0.2) is 39.1 Å². The van der Waals surface area contributed by atoms with Gasteiger partial charge in [0.1, 0.15) is 5.60 Å². The molecule has 0 aliphatic heterocycles. The molecule has 1 N–H and O–H groups in total. The minimum atomic E-state index is -2.38. The molecule has 7 heteroatoms. The summed E-state index contributed by atoms with van der Waals surface area (Å²) >= 11 is 0. The van der Waals surface area contributed by atoms with Crippen molar-refractivity contribution in [1.82, 2.24) is 5.32 Å². The molecule has 5 nitrogen and oxygen atoms in total. The molecule has 2 unspecified atom stereocenters. The fraction of sp³-hybridized carbons (Fsp3) is 0.600. The van der Waals surface area contributed by atoms with Gasteiger partial charge in [-0.2, -0.15) is 8.42 Å². The summed E-state index contributed by atoms with van der Waals surface area (Å²) in [6.45, 7) is 13.7. The highest BCUT2D eigenvalue weighted by molar-refractivity contribution is 7.73. The maximum absolute atomic E-state index is 12.3. The zero-order valence-corrected chi connectivity index (χ0v) is 19.3. The van der Waals surface area contributed by atoms with E-state index in [4.69, 9.17) is 4.74 Å². The first-order chi connectivity index (χ1) is 12.3. The molecule has 0 bridgehead atoms. The monoisotopic (exact) mass is 411 g/mol. The Labute approximate surface area is 166 Å². The summed E-state index contributed by atoms with van der Waals surface area (Å²) in [5.41, 5.74) is 0.367. The molecule has 0 aromatic heterocycles. The standard InChI is InChI=1S/C20H33NO4SSi/c1-15(27(5,6)7)18(26(23)24)17(21-19(22)25-20(2,3)4)14-13-16-11-9-8-10-12-16/h8-12,15,17H,13-14H2,1-7H3,(H,21,22). The quantitative estimate of drug-likeness (QED) is 0.536. The van der Waals surface area contributed by atoms with E-state index >= 15 is 0 Å². The minimum Gasteiger partial charge on any atom is -0.444 e. The lowest BCUT2D eigenvalue weighted by molar-refractivity contribution is 0.0516. The maximum atomic E-state index is 12.3. The van der Waals surface area contributed by atoms with Gasteiger partial charge >= 0.3 is 6.09 Å². The number of carbonyl (C=O) groups is 1. The van der Waals surface area contributed by atoms with Crippen molar-refractivity contribution in [2.75, 3.05) is 0 Å². The van der Waals surface area contributed by atoms with Gasteiger partial charge in [-0.25, -0.2) is 4.79 Å². The Bertz CT molecular complexity index is 753. The fourth-order valence-corrected chi connectivity index (χ4v) is 5.78. The third-order valence-electron chi connectivity index (χ3n) is 4.52. The van der Waals surface area contributed by atoms with Crippen molar-refractivity contribution in [2.45, 2.75) is 77.4 Å². The van der Waals surface area contributed by atoms with E-state index in [9.17, 15) is 13.2 Å². The molecule has 2 atom stereocenters. The smallest absolute Gasteiger partial charge is 0.408 e. The summed E-state index contributed by atoms with van der Waals surface area (Å²) in [4.78, 5) is 12.7. The largest absolute Gasteiger partial charge is 0.444 e. The van der Waals surface area contributed by atoms with E-state index in [1.54, 1.807) is 20.8 Å². The third kappa shape index (κ3) is 8.30. The van der Waals surface area contributed by atoms with Crippen molar-refractivity contribution in [3.05, 3.63) is 35.9 Å². The minimum absolute atomic E-state index is 0.0912. The maximum Gasteiger partial charge on any atom is 0.408 e. The summed E-state index contributed by atoms with van der Waals surface area (Å²) in [6, 6.07) is 9.26. The molecule has 0 heterocycles. The van der Waals surface area contributed by atoms with Crippen molar-refractivity contribution >= 4 is 29.3 Å². The molecule has 27 heavy (non-hydrogen) atoms. The van der Waals surface area contributed by atoms with Gasteiger partial charge in [0.25, 0.3) is 0 Å². The molecular formula is C20H33NO4SSi. The third-order valence-corrected chi connectivity index (χ3v) is 8.66. The molecule has 0 aliphatic carbocycles. The van der Waals surface area contributed by atoms with Crippen LogP contribution in [0.3, 0.4) is 0 Å². The topological polar surface area (TPSA) is 72.5 Å². The number of amides is 1. The molecule has 0 spiro atoms. The summed E-state index contributed by atoms with van der Waals surface area (Å²) in [7, 11) is -4.15. The number of nitrogens with one attached hydrogen (secondary N) is 1. The van der Waals surface area contributed by atoms with Gasteiger partial charge in [-0.15, -0.1) is 0 Å². The van der Waals surface area contributed by atoms with Crippen molar-refractivity contribution in [3.63, 3.8) is 0 Å². The molecule has 1 rings (SSSR count). The first-order valence-corrected chi connectivity index (χ1v) is 14.0. The van der Waals surface area contributed by atoms with Crippen LogP contribution in [0.1, 0.15) is 39.7 Å². The highest BCUT2D eigenvalue weighted by atomic mass is 32.2. The number of benzene rings is 1. The van der Waals surface area contributed by atoms with Crippen LogP contribution in [0.15, 0.2) is 30.3 Å². The van der Waals surface area contributed by atoms with Gasteiger partial charge in [0, 0.05) is 0 Å². The van der Waals surface area contributed by atoms with Gasteiger partial charge < -0.3 is 10.1 Å². The number of hydrogen-bond acceptors (Lipinski definition) is 4. The number of hydrogen-bond donors (Lipinski definition) is 1. The van der Waals surface area contributed by atoms with E-state index in [-0.39, 0.29) is 5.54 Å². The molecule has 0 saturated heterocycles. The highest BCUT2D eigenvalue weighted by Gasteiger charge is 2.34. The number of carbonyl (C=O) groups excluding carboxylic acids is 1. The zero-order chi connectivity index (χ0) is 20.8. The van der Waals surface area contributed by atoms with Crippen LogP contribution in [0.5, 0.6) is 0 Å². The highest BCUT2D eigenvalue weighted by Crippen LogP contribution is 2.25. The van der Waals surface area contributed by atoms with Crippen molar-refractivity contribution in [1.29, 1.82) is 0 Å². The molecule has 0 fully saturated rings. The Balaban J connectivity index is 3.14. The van der Waals surface area contributed by atoms with E-state index in [0.29, 0.717) is 17.7 Å². The molecule has 1 amide bonds. The number of alkyl carbamates (subject to hydrolysis) is 1. The van der Waals surface area contributed by atoms with E-state index < -0.39 is 36.1 Å². The average molecular weight is 412 g/mol. The lowest BCUT2D eigenvalue weighted by Crippen LogP contribution is -2.48. The van der Waals surface area contributed by atoms with Crippen LogP contribution < -0.4 is 5.32 Å². The Morgan fingerprint density at radius 1 is 1.15 bits per heavy atom. The Kier molecular flexibility index (Phi) is 8.29. The zero-order valence-electron chi connectivity index (χ0n) is 17.5. The van der Waals surface area contributed by atoms with Crippen LogP contribution in [0.2, 0.25) is 25.2 Å². The van der Waals surface area contributed by atoms with E-state index in [2.05, 4.69) is 25.0 Å². The van der Waals surface area contributed by atoms with E-state index in [1.807, 2.05) is 37.3 Å².